The van der Waals surface area contributed by atoms with E-state index in [4.69, 9.17) is 9.78 Å². The monoisotopic (exact) mass is 314 g/mol. The fourth-order valence-electron chi connectivity index (χ4n) is 2.84. The van der Waals surface area contributed by atoms with Crippen molar-refractivity contribution in [1.82, 2.24) is 0 Å². The van der Waals surface area contributed by atoms with Crippen LogP contribution in [0, 0.1) is 5.92 Å². The molecular formula is C16H26O6. The van der Waals surface area contributed by atoms with Gasteiger partial charge in [0.05, 0.1) is 5.57 Å². The van der Waals surface area contributed by atoms with Crippen LogP contribution in [0.1, 0.15) is 65.7 Å². The molecule has 6 heteroatoms. The third kappa shape index (κ3) is 5.33. The Morgan fingerprint density at radius 1 is 1.09 bits per heavy atom. The number of carboxylic acids is 2. The summed E-state index contributed by atoms with van der Waals surface area (Å²) in [6, 6.07) is 0. The van der Waals surface area contributed by atoms with Gasteiger partial charge < -0.3 is 15.1 Å². The van der Waals surface area contributed by atoms with Gasteiger partial charge in [0.25, 0.3) is 5.76 Å². The van der Waals surface area contributed by atoms with Crippen LogP contribution in [0.4, 0.5) is 0 Å². The van der Waals surface area contributed by atoms with Crippen molar-refractivity contribution >= 4 is 11.9 Å². The maximum absolute atomic E-state index is 11.5. The molecule has 1 fully saturated rings. The highest BCUT2D eigenvalue weighted by molar-refractivity contribution is 5.97. The normalized spacial score (nSPS) is 17.8. The van der Waals surface area contributed by atoms with Crippen LogP contribution >= 0.6 is 0 Å². The third-order valence-electron chi connectivity index (χ3n) is 3.89. The van der Waals surface area contributed by atoms with Gasteiger partial charge in [0.2, 0.25) is 0 Å². The molecule has 0 aliphatic heterocycles. The van der Waals surface area contributed by atoms with Crippen LogP contribution in [0.3, 0.4) is 0 Å². The van der Waals surface area contributed by atoms with Crippen molar-refractivity contribution in [3.63, 3.8) is 0 Å². The highest BCUT2D eigenvalue weighted by atomic mass is 17.2. The molecule has 1 aliphatic rings. The molecule has 22 heavy (non-hydrogen) atoms. The molecule has 126 valence electrons. The van der Waals surface area contributed by atoms with Crippen LogP contribution < -0.4 is 0 Å². The molecule has 0 atom stereocenters. The number of hydrogen-bond donors (Lipinski definition) is 2. The number of rotatable bonds is 8. The molecule has 0 aromatic carbocycles. The zero-order valence-electron chi connectivity index (χ0n) is 13.6. The maximum atomic E-state index is 11.5. The third-order valence-corrected chi connectivity index (χ3v) is 3.89. The molecular weight excluding hydrogens is 288 g/mol. The Labute approximate surface area is 131 Å². The van der Waals surface area contributed by atoms with E-state index in [-0.39, 0.29) is 11.5 Å². The van der Waals surface area contributed by atoms with Crippen molar-refractivity contribution in [3.8, 4) is 0 Å². The SMILES string of the molecule is CCCC(C)(C)OO/C(C(=O)O)=C(\C(=O)O)C1CCCCC1. The van der Waals surface area contributed by atoms with E-state index in [1.54, 1.807) is 13.8 Å². The number of hydrogen-bond acceptors (Lipinski definition) is 4. The van der Waals surface area contributed by atoms with Crippen molar-refractivity contribution in [2.45, 2.75) is 71.3 Å². The lowest BCUT2D eigenvalue weighted by Gasteiger charge is -2.26. The lowest BCUT2D eigenvalue weighted by atomic mass is 9.83. The summed E-state index contributed by atoms with van der Waals surface area (Å²) in [5.41, 5.74) is -0.856. The molecule has 0 saturated heterocycles. The quantitative estimate of drug-likeness (QED) is 0.308. The Bertz CT molecular complexity index is 432. The Morgan fingerprint density at radius 2 is 1.68 bits per heavy atom. The molecule has 6 nitrogen and oxygen atoms in total. The summed E-state index contributed by atoms with van der Waals surface area (Å²) in [5, 5.41) is 18.7. The largest absolute Gasteiger partial charge is 0.478 e. The summed E-state index contributed by atoms with van der Waals surface area (Å²) < 4.78 is 0. The molecule has 1 saturated carbocycles. The average Bonchev–Trinajstić information content (AvgIpc) is 2.43. The molecule has 0 amide bonds. The molecule has 1 rings (SSSR count). The summed E-state index contributed by atoms with van der Waals surface area (Å²) in [6.07, 6.45) is 5.70. The van der Waals surface area contributed by atoms with Gasteiger partial charge in [0, 0.05) is 0 Å². The van der Waals surface area contributed by atoms with Gasteiger partial charge in [0.1, 0.15) is 5.60 Å². The molecule has 0 unspecified atom stereocenters. The van der Waals surface area contributed by atoms with Crippen LogP contribution in [-0.4, -0.2) is 27.8 Å². The summed E-state index contributed by atoms with van der Waals surface area (Å²) in [5.74, 6) is -3.55. The van der Waals surface area contributed by atoms with E-state index >= 15 is 0 Å². The van der Waals surface area contributed by atoms with Crippen LogP contribution in [0.5, 0.6) is 0 Å². The van der Waals surface area contributed by atoms with E-state index in [1.807, 2.05) is 6.92 Å². The smallest absolute Gasteiger partial charge is 0.375 e. The van der Waals surface area contributed by atoms with Crippen molar-refractivity contribution < 1.29 is 29.6 Å². The fourth-order valence-corrected chi connectivity index (χ4v) is 2.84. The first-order valence-corrected chi connectivity index (χ1v) is 7.85. The predicted octanol–water partition coefficient (Wildman–Crippen LogP) is 3.52. The van der Waals surface area contributed by atoms with E-state index in [9.17, 15) is 19.8 Å². The first-order valence-electron chi connectivity index (χ1n) is 7.85. The molecule has 0 aromatic rings. The van der Waals surface area contributed by atoms with Gasteiger partial charge in [-0.1, -0.05) is 32.6 Å². The minimum atomic E-state index is -1.41. The number of carboxylic acid groups (broad SMARTS) is 2. The average molecular weight is 314 g/mol. The first kappa shape index (κ1) is 18.5. The van der Waals surface area contributed by atoms with Crippen molar-refractivity contribution in [2.24, 2.45) is 5.92 Å². The Hall–Kier alpha value is -1.56. The van der Waals surface area contributed by atoms with Gasteiger partial charge >= 0.3 is 11.9 Å². The number of carbonyl (C=O) groups is 2. The van der Waals surface area contributed by atoms with Gasteiger partial charge in [-0.2, -0.15) is 4.89 Å². The lowest BCUT2D eigenvalue weighted by molar-refractivity contribution is -0.327. The van der Waals surface area contributed by atoms with Gasteiger partial charge in [-0.3, -0.25) is 0 Å². The predicted molar refractivity (Wildman–Crippen MR) is 80.0 cm³/mol. The minimum Gasteiger partial charge on any atom is -0.478 e. The van der Waals surface area contributed by atoms with E-state index in [2.05, 4.69) is 0 Å². The zero-order valence-corrected chi connectivity index (χ0v) is 13.6. The first-order chi connectivity index (χ1) is 10.3. The second-order valence-corrected chi connectivity index (χ2v) is 6.36. The molecule has 1 aliphatic carbocycles. The molecule has 0 spiro atoms. The topological polar surface area (TPSA) is 93.1 Å². The van der Waals surface area contributed by atoms with Crippen molar-refractivity contribution in [2.75, 3.05) is 0 Å². The molecule has 0 aromatic heterocycles. The van der Waals surface area contributed by atoms with Gasteiger partial charge in [0.15, 0.2) is 0 Å². The molecule has 0 bridgehead atoms. The van der Waals surface area contributed by atoms with E-state index in [0.29, 0.717) is 19.3 Å². The Kier molecular flexibility index (Phi) is 6.87. The van der Waals surface area contributed by atoms with Crippen molar-refractivity contribution in [1.29, 1.82) is 0 Å². The van der Waals surface area contributed by atoms with Crippen molar-refractivity contribution in [3.05, 3.63) is 11.3 Å². The van der Waals surface area contributed by atoms with E-state index in [0.717, 1.165) is 25.7 Å². The summed E-state index contributed by atoms with van der Waals surface area (Å²) in [6.45, 7) is 5.53. The number of aliphatic carboxylic acids is 2. The van der Waals surface area contributed by atoms with Gasteiger partial charge in [-0.05, 0) is 39.0 Å². The highest BCUT2D eigenvalue weighted by Gasteiger charge is 2.32. The van der Waals surface area contributed by atoms with Crippen LogP contribution in [0.15, 0.2) is 11.3 Å². The summed E-state index contributed by atoms with van der Waals surface area (Å²) >= 11 is 0. The molecule has 0 heterocycles. The lowest BCUT2D eigenvalue weighted by Crippen LogP contribution is -2.28. The minimum absolute atomic E-state index is 0.181. The fraction of sp³-hybridized carbons (Fsp3) is 0.750. The summed E-state index contributed by atoms with van der Waals surface area (Å²) in [4.78, 5) is 33.2. The van der Waals surface area contributed by atoms with Crippen LogP contribution in [0.25, 0.3) is 0 Å². The standard InChI is InChI=1S/C16H26O6/c1-4-10-16(2,3)22-21-13(15(19)20)12(14(17)18)11-8-6-5-7-9-11/h11H,4-10H2,1-3H3,(H,17,18)(H,19,20)/b13-12-. The van der Waals surface area contributed by atoms with Gasteiger partial charge in [-0.15, -0.1) is 0 Å². The second kappa shape index (κ2) is 8.17. The molecule has 2 N–H and O–H groups in total. The Morgan fingerprint density at radius 3 is 2.14 bits per heavy atom. The highest BCUT2D eigenvalue weighted by Crippen LogP contribution is 2.32. The van der Waals surface area contributed by atoms with Crippen LogP contribution in [-0.2, 0) is 19.4 Å². The van der Waals surface area contributed by atoms with E-state index < -0.39 is 23.3 Å². The van der Waals surface area contributed by atoms with E-state index in [1.165, 1.54) is 0 Å². The van der Waals surface area contributed by atoms with Gasteiger partial charge in [-0.25, -0.2) is 9.59 Å². The second-order valence-electron chi connectivity index (χ2n) is 6.36. The molecule has 0 radical (unpaired) electrons. The summed E-state index contributed by atoms with van der Waals surface area (Å²) in [7, 11) is 0. The Balaban J connectivity index is 3.00. The maximum Gasteiger partial charge on any atom is 0.375 e. The zero-order chi connectivity index (χ0) is 16.8. The van der Waals surface area contributed by atoms with Crippen LogP contribution in [0.2, 0.25) is 0 Å².